The van der Waals surface area contributed by atoms with Crippen molar-refractivity contribution in [3.8, 4) is 0 Å². The Morgan fingerprint density at radius 2 is 1.88 bits per heavy atom. The van der Waals surface area contributed by atoms with Crippen LogP contribution in [-0.4, -0.2) is 30.4 Å². The number of hydrogen-bond donors (Lipinski definition) is 1. The van der Waals surface area contributed by atoms with Gasteiger partial charge in [0.25, 0.3) is 0 Å². The predicted octanol–water partition coefficient (Wildman–Crippen LogP) is 1.76. The molecule has 1 saturated carbocycles. The maximum Gasteiger partial charge on any atom is 0.230 e. The van der Waals surface area contributed by atoms with Gasteiger partial charge < -0.3 is 10.6 Å². The molecule has 0 spiro atoms. The number of rotatable bonds is 2. The average Bonchev–Trinajstić information content (AvgIpc) is 2.79. The summed E-state index contributed by atoms with van der Waals surface area (Å²) in [5.74, 6) is 1.13. The molecule has 3 heteroatoms. The fourth-order valence-electron chi connectivity index (χ4n) is 3.10. The molecule has 0 unspecified atom stereocenters. The molecular formula is C13H24N2O. The van der Waals surface area contributed by atoms with Gasteiger partial charge in [-0.05, 0) is 31.6 Å². The molecule has 2 fully saturated rings. The van der Waals surface area contributed by atoms with Crippen LogP contribution in [0.4, 0.5) is 0 Å². The largest absolute Gasteiger partial charge is 0.342 e. The third-order valence-electron chi connectivity index (χ3n) is 4.48. The molecule has 0 atom stereocenters. The molecule has 3 nitrogen and oxygen atoms in total. The van der Waals surface area contributed by atoms with E-state index in [1.165, 1.54) is 12.8 Å². The van der Waals surface area contributed by atoms with Gasteiger partial charge in [-0.1, -0.05) is 19.8 Å². The lowest BCUT2D eigenvalue weighted by molar-refractivity contribution is -0.142. The number of nitrogens with zero attached hydrogens (tertiary/aromatic N) is 1. The Kier molecular flexibility index (Phi) is 3.53. The number of piperidine rings is 1. The molecule has 1 aliphatic carbocycles. The van der Waals surface area contributed by atoms with E-state index in [1.807, 2.05) is 0 Å². The van der Waals surface area contributed by atoms with Crippen molar-refractivity contribution in [1.82, 2.24) is 4.90 Å². The summed E-state index contributed by atoms with van der Waals surface area (Å²) in [5, 5.41) is 0. The Hall–Kier alpha value is -0.570. The molecule has 0 aromatic rings. The SMILES string of the molecule is CC1CCN(C(=O)C2(CN)CCCC2)CC1. The Morgan fingerprint density at radius 3 is 2.38 bits per heavy atom. The van der Waals surface area contributed by atoms with Gasteiger partial charge in [0, 0.05) is 19.6 Å². The Morgan fingerprint density at radius 1 is 1.31 bits per heavy atom. The summed E-state index contributed by atoms with van der Waals surface area (Å²) in [6.45, 7) is 4.71. The first-order valence-electron chi connectivity index (χ1n) is 6.67. The van der Waals surface area contributed by atoms with Crippen molar-refractivity contribution < 1.29 is 4.79 Å². The highest BCUT2D eigenvalue weighted by molar-refractivity contribution is 5.83. The van der Waals surface area contributed by atoms with E-state index in [4.69, 9.17) is 5.73 Å². The summed E-state index contributed by atoms with van der Waals surface area (Å²) in [5.41, 5.74) is 5.66. The number of carbonyl (C=O) groups excluding carboxylic acids is 1. The molecule has 0 aromatic heterocycles. The summed E-state index contributed by atoms with van der Waals surface area (Å²) in [4.78, 5) is 14.6. The molecule has 0 radical (unpaired) electrons. The third kappa shape index (κ3) is 2.10. The second-order valence-electron chi connectivity index (χ2n) is 5.67. The lowest BCUT2D eigenvalue weighted by Gasteiger charge is -2.37. The lowest BCUT2D eigenvalue weighted by atomic mass is 9.83. The van der Waals surface area contributed by atoms with E-state index in [1.54, 1.807) is 0 Å². The molecule has 1 aliphatic heterocycles. The van der Waals surface area contributed by atoms with E-state index in [9.17, 15) is 4.79 Å². The van der Waals surface area contributed by atoms with Crippen molar-refractivity contribution in [1.29, 1.82) is 0 Å². The van der Waals surface area contributed by atoms with Gasteiger partial charge in [-0.3, -0.25) is 4.79 Å². The van der Waals surface area contributed by atoms with Gasteiger partial charge in [0.2, 0.25) is 5.91 Å². The molecule has 16 heavy (non-hydrogen) atoms. The van der Waals surface area contributed by atoms with Gasteiger partial charge >= 0.3 is 0 Å². The fourth-order valence-corrected chi connectivity index (χ4v) is 3.10. The Labute approximate surface area is 98.4 Å². The molecule has 0 bridgehead atoms. The van der Waals surface area contributed by atoms with Gasteiger partial charge in [-0.15, -0.1) is 0 Å². The van der Waals surface area contributed by atoms with Crippen molar-refractivity contribution >= 4 is 5.91 Å². The first kappa shape index (κ1) is 11.9. The minimum absolute atomic E-state index is 0.194. The zero-order valence-electron chi connectivity index (χ0n) is 10.4. The third-order valence-corrected chi connectivity index (χ3v) is 4.48. The van der Waals surface area contributed by atoms with Crippen LogP contribution in [0.2, 0.25) is 0 Å². The predicted molar refractivity (Wildman–Crippen MR) is 64.9 cm³/mol. The maximum atomic E-state index is 12.5. The van der Waals surface area contributed by atoms with Crippen LogP contribution in [-0.2, 0) is 4.79 Å². The average molecular weight is 224 g/mol. The molecular weight excluding hydrogens is 200 g/mol. The maximum absolute atomic E-state index is 12.5. The van der Waals surface area contributed by atoms with Gasteiger partial charge in [-0.25, -0.2) is 0 Å². The molecule has 1 heterocycles. The van der Waals surface area contributed by atoms with E-state index in [2.05, 4.69) is 11.8 Å². The van der Waals surface area contributed by atoms with E-state index in [0.717, 1.165) is 44.7 Å². The summed E-state index contributed by atoms with van der Waals surface area (Å²) in [6.07, 6.45) is 6.68. The molecule has 0 aromatic carbocycles. The molecule has 2 aliphatic rings. The van der Waals surface area contributed by atoms with E-state index in [-0.39, 0.29) is 5.41 Å². The van der Waals surface area contributed by atoms with Crippen molar-refractivity contribution in [3.05, 3.63) is 0 Å². The molecule has 1 saturated heterocycles. The zero-order chi connectivity index (χ0) is 11.6. The van der Waals surface area contributed by atoms with Crippen LogP contribution in [0, 0.1) is 11.3 Å². The first-order chi connectivity index (χ1) is 7.68. The van der Waals surface area contributed by atoms with Crippen LogP contribution >= 0.6 is 0 Å². The summed E-state index contributed by atoms with van der Waals surface area (Å²) in [6, 6.07) is 0. The minimum Gasteiger partial charge on any atom is -0.342 e. The lowest BCUT2D eigenvalue weighted by Crippen LogP contribution is -2.49. The highest BCUT2D eigenvalue weighted by atomic mass is 16.2. The summed E-state index contributed by atoms with van der Waals surface area (Å²) < 4.78 is 0. The van der Waals surface area contributed by atoms with Crippen LogP contribution in [0.5, 0.6) is 0 Å². The van der Waals surface area contributed by atoms with Crippen molar-refractivity contribution in [2.75, 3.05) is 19.6 Å². The highest BCUT2D eigenvalue weighted by Gasteiger charge is 2.42. The monoisotopic (exact) mass is 224 g/mol. The van der Waals surface area contributed by atoms with Gasteiger partial charge in [0.1, 0.15) is 0 Å². The normalized spacial score (nSPS) is 26.0. The molecule has 2 N–H and O–H groups in total. The quantitative estimate of drug-likeness (QED) is 0.777. The van der Waals surface area contributed by atoms with Crippen LogP contribution < -0.4 is 5.73 Å². The van der Waals surface area contributed by atoms with Gasteiger partial charge in [0.05, 0.1) is 5.41 Å². The fraction of sp³-hybridized carbons (Fsp3) is 0.923. The standard InChI is InChI=1S/C13H24N2O/c1-11-4-8-15(9-5-11)12(16)13(10-14)6-2-3-7-13/h11H,2-10,14H2,1H3. The number of amides is 1. The van der Waals surface area contributed by atoms with Crippen LogP contribution in [0.1, 0.15) is 45.4 Å². The smallest absolute Gasteiger partial charge is 0.230 e. The minimum atomic E-state index is -0.194. The highest BCUT2D eigenvalue weighted by Crippen LogP contribution is 2.39. The number of carbonyl (C=O) groups is 1. The summed E-state index contributed by atoms with van der Waals surface area (Å²) >= 11 is 0. The van der Waals surface area contributed by atoms with Gasteiger partial charge in [0.15, 0.2) is 0 Å². The first-order valence-corrected chi connectivity index (χ1v) is 6.67. The van der Waals surface area contributed by atoms with Crippen molar-refractivity contribution in [3.63, 3.8) is 0 Å². The molecule has 92 valence electrons. The van der Waals surface area contributed by atoms with Crippen LogP contribution in [0.25, 0.3) is 0 Å². The molecule has 1 amide bonds. The zero-order valence-corrected chi connectivity index (χ0v) is 10.4. The number of hydrogen-bond acceptors (Lipinski definition) is 2. The molecule has 2 rings (SSSR count). The number of nitrogens with two attached hydrogens (primary N) is 1. The Balaban J connectivity index is 2.00. The van der Waals surface area contributed by atoms with Gasteiger partial charge in [-0.2, -0.15) is 0 Å². The Bertz CT molecular complexity index is 251. The second kappa shape index (κ2) is 4.74. The number of likely N-dealkylation sites (tertiary alicyclic amines) is 1. The van der Waals surface area contributed by atoms with Crippen LogP contribution in [0.15, 0.2) is 0 Å². The topological polar surface area (TPSA) is 46.3 Å². The van der Waals surface area contributed by atoms with E-state index in [0.29, 0.717) is 12.5 Å². The van der Waals surface area contributed by atoms with Crippen molar-refractivity contribution in [2.24, 2.45) is 17.1 Å². The van der Waals surface area contributed by atoms with E-state index < -0.39 is 0 Å². The van der Waals surface area contributed by atoms with Crippen LogP contribution in [0.3, 0.4) is 0 Å². The van der Waals surface area contributed by atoms with E-state index >= 15 is 0 Å². The second-order valence-corrected chi connectivity index (χ2v) is 5.67. The van der Waals surface area contributed by atoms with Crippen molar-refractivity contribution in [2.45, 2.75) is 45.4 Å². The summed E-state index contributed by atoms with van der Waals surface area (Å²) in [7, 11) is 0.